The first-order valence-electron chi connectivity index (χ1n) is 7.17. The molecule has 0 saturated carbocycles. The van der Waals surface area contributed by atoms with Gasteiger partial charge in [0.15, 0.2) is 0 Å². The molecule has 0 fully saturated rings. The summed E-state index contributed by atoms with van der Waals surface area (Å²) in [5.41, 5.74) is 1.37. The zero-order valence-corrected chi connectivity index (χ0v) is 14.9. The van der Waals surface area contributed by atoms with Crippen LogP contribution in [0.4, 0.5) is 5.69 Å². The number of nitrogens with zero attached hydrogens (tertiary/aromatic N) is 1. The molecule has 0 spiro atoms. The molecule has 0 aliphatic heterocycles. The number of thiazole rings is 1. The molecule has 2 amide bonds. The molecule has 7 heteroatoms. The fourth-order valence-corrected chi connectivity index (χ4v) is 3.10. The molecule has 0 unspecified atom stereocenters. The third kappa shape index (κ3) is 5.07. The van der Waals surface area contributed by atoms with Crippen LogP contribution in [-0.4, -0.2) is 23.1 Å². The molecular weight excluding hydrogens is 330 g/mol. The molecule has 122 valence electrons. The van der Waals surface area contributed by atoms with Crippen LogP contribution in [0.1, 0.15) is 30.5 Å². The Kier molecular flexibility index (Phi) is 6.18. The zero-order valence-electron chi connectivity index (χ0n) is 13.3. The summed E-state index contributed by atoms with van der Waals surface area (Å²) in [4.78, 5) is 29.2. The first-order chi connectivity index (χ1) is 11.0. The molecule has 1 aromatic carbocycles. The lowest BCUT2D eigenvalue weighted by Crippen LogP contribution is -2.35. The molecule has 23 heavy (non-hydrogen) atoms. The maximum Gasteiger partial charge on any atom is 0.313 e. The Morgan fingerprint density at radius 3 is 2.74 bits per heavy atom. The quantitative estimate of drug-likeness (QED) is 0.642. The number of aromatic nitrogens is 1. The Balaban J connectivity index is 1.88. The second-order valence-corrected chi connectivity index (χ2v) is 6.97. The fourth-order valence-electron chi connectivity index (χ4n) is 1.81. The van der Waals surface area contributed by atoms with Crippen molar-refractivity contribution in [2.24, 2.45) is 0 Å². The highest BCUT2D eigenvalue weighted by molar-refractivity contribution is 7.98. The lowest BCUT2D eigenvalue weighted by Gasteiger charge is -2.06. The molecule has 0 aliphatic carbocycles. The van der Waals surface area contributed by atoms with Gasteiger partial charge >= 0.3 is 11.8 Å². The fraction of sp³-hybridized carbons (Fsp3) is 0.312. The summed E-state index contributed by atoms with van der Waals surface area (Å²) in [6.45, 7) is 4.38. The maximum atomic E-state index is 11.9. The average molecular weight is 349 g/mol. The summed E-state index contributed by atoms with van der Waals surface area (Å²) in [6, 6.07) is 7.35. The Bertz CT molecular complexity index is 698. The molecule has 1 heterocycles. The molecule has 5 nitrogen and oxygen atoms in total. The number of nitrogens with one attached hydrogen (secondary N) is 2. The van der Waals surface area contributed by atoms with E-state index in [0.29, 0.717) is 11.6 Å². The van der Waals surface area contributed by atoms with Crippen LogP contribution in [0.5, 0.6) is 0 Å². The van der Waals surface area contributed by atoms with E-state index in [4.69, 9.17) is 0 Å². The Labute approximate surface area is 143 Å². The standard InChI is InChI=1S/C16H19N3O2S2/c1-10(2)16-19-12(9-23-16)8-17-14(20)15(21)18-11-5-4-6-13(7-11)22-3/h4-7,9-10H,8H2,1-3H3,(H,17,20)(H,18,21). The van der Waals surface area contributed by atoms with E-state index in [1.165, 1.54) is 0 Å². The van der Waals surface area contributed by atoms with Gasteiger partial charge in [-0.3, -0.25) is 9.59 Å². The highest BCUT2D eigenvalue weighted by Crippen LogP contribution is 2.19. The SMILES string of the molecule is CSc1cccc(NC(=O)C(=O)NCc2csc(C(C)C)n2)c1. The number of rotatable bonds is 5. The van der Waals surface area contributed by atoms with Crippen LogP contribution in [0.25, 0.3) is 0 Å². The van der Waals surface area contributed by atoms with Crippen LogP contribution < -0.4 is 10.6 Å². The van der Waals surface area contributed by atoms with Crippen molar-refractivity contribution in [3.63, 3.8) is 0 Å². The van der Waals surface area contributed by atoms with Crippen molar-refractivity contribution in [1.82, 2.24) is 10.3 Å². The molecule has 2 aromatic rings. The van der Waals surface area contributed by atoms with Gasteiger partial charge in [-0.25, -0.2) is 4.98 Å². The van der Waals surface area contributed by atoms with Crippen molar-refractivity contribution < 1.29 is 9.59 Å². The van der Waals surface area contributed by atoms with Crippen LogP contribution in [0, 0.1) is 0 Å². The van der Waals surface area contributed by atoms with Gasteiger partial charge in [0.2, 0.25) is 0 Å². The van der Waals surface area contributed by atoms with Crippen molar-refractivity contribution in [2.45, 2.75) is 31.2 Å². The number of thioether (sulfide) groups is 1. The van der Waals surface area contributed by atoms with Crippen molar-refractivity contribution >= 4 is 40.6 Å². The van der Waals surface area contributed by atoms with E-state index in [9.17, 15) is 9.59 Å². The van der Waals surface area contributed by atoms with Crippen molar-refractivity contribution in [3.8, 4) is 0 Å². The van der Waals surface area contributed by atoms with E-state index >= 15 is 0 Å². The lowest BCUT2D eigenvalue weighted by molar-refractivity contribution is -0.136. The minimum atomic E-state index is -0.678. The second-order valence-electron chi connectivity index (χ2n) is 5.20. The predicted molar refractivity (Wildman–Crippen MR) is 94.9 cm³/mol. The van der Waals surface area contributed by atoms with Crippen molar-refractivity contribution in [1.29, 1.82) is 0 Å². The van der Waals surface area contributed by atoms with Gasteiger partial charge in [0.1, 0.15) is 0 Å². The van der Waals surface area contributed by atoms with Gasteiger partial charge in [-0.05, 0) is 24.5 Å². The topological polar surface area (TPSA) is 71.1 Å². The summed E-state index contributed by atoms with van der Waals surface area (Å²) in [5, 5.41) is 8.10. The van der Waals surface area contributed by atoms with Crippen LogP contribution in [0.15, 0.2) is 34.5 Å². The second kappa shape index (κ2) is 8.12. The van der Waals surface area contributed by atoms with E-state index in [1.54, 1.807) is 29.2 Å². The van der Waals surface area contributed by atoms with Gasteiger partial charge in [0.05, 0.1) is 17.2 Å². The van der Waals surface area contributed by atoms with E-state index in [0.717, 1.165) is 15.6 Å². The number of anilines is 1. The predicted octanol–water partition coefficient (Wildman–Crippen LogP) is 3.24. The lowest BCUT2D eigenvalue weighted by atomic mass is 10.2. The van der Waals surface area contributed by atoms with Gasteiger partial charge in [-0.15, -0.1) is 23.1 Å². The zero-order chi connectivity index (χ0) is 16.8. The Hall–Kier alpha value is -1.86. The monoisotopic (exact) mass is 349 g/mol. The molecular formula is C16H19N3O2S2. The molecule has 0 aliphatic rings. The van der Waals surface area contributed by atoms with Crippen molar-refractivity contribution in [3.05, 3.63) is 40.3 Å². The van der Waals surface area contributed by atoms with E-state index in [-0.39, 0.29) is 6.54 Å². The molecule has 0 saturated heterocycles. The normalized spacial score (nSPS) is 10.6. The largest absolute Gasteiger partial charge is 0.342 e. The number of amides is 2. The van der Waals surface area contributed by atoms with E-state index in [1.807, 2.05) is 29.8 Å². The Morgan fingerprint density at radius 1 is 1.30 bits per heavy atom. The van der Waals surface area contributed by atoms with Gasteiger partial charge in [0, 0.05) is 21.9 Å². The van der Waals surface area contributed by atoms with Gasteiger partial charge in [-0.1, -0.05) is 19.9 Å². The van der Waals surface area contributed by atoms with Gasteiger partial charge < -0.3 is 10.6 Å². The highest BCUT2D eigenvalue weighted by atomic mass is 32.2. The highest BCUT2D eigenvalue weighted by Gasteiger charge is 2.14. The Morgan fingerprint density at radius 2 is 2.09 bits per heavy atom. The third-order valence-corrected chi connectivity index (χ3v) is 4.95. The summed E-state index contributed by atoms with van der Waals surface area (Å²) >= 11 is 3.13. The average Bonchev–Trinajstić information content (AvgIpc) is 3.02. The van der Waals surface area contributed by atoms with Crippen LogP contribution in [0.3, 0.4) is 0 Å². The molecule has 2 rings (SSSR count). The number of hydrogen-bond acceptors (Lipinski definition) is 5. The molecule has 0 atom stereocenters. The van der Waals surface area contributed by atoms with Crippen LogP contribution in [-0.2, 0) is 16.1 Å². The minimum absolute atomic E-state index is 0.250. The minimum Gasteiger partial charge on any atom is -0.342 e. The number of hydrogen-bond donors (Lipinski definition) is 2. The number of carbonyl (C=O) groups is 2. The molecule has 2 N–H and O–H groups in total. The van der Waals surface area contributed by atoms with E-state index in [2.05, 4.69) is 29.5 Å². The van der Waals surface area contributed by atoms with Gasteiger partial charge in [0.25, 0.3) is 0 Å². The first kappa shape index (κ1) is 17.5. The number of carbonyl (C=O) groups excluding carboxylic acids is 2. The summed E-state index contributed by atoms with van der Waals surface area (Å²) < 4.78 is 0. The summed E-state index contributed by atoms with van der Waals surface area (Å²) in [5.74, 6) is -0.988. The van der Waals surface area contributed by atoms with Crippen molar-refractivity contribution in [2.75, 3.05) is 11.6 Å². The maximum absolute atomic E-state index is 11.9. The first-order valence-corrected chi connectivity index (χ1v) is 9.27. The molecule has 0 radical (unpaired) electrons. The molecule has 1 aromatic heterocycles. The smallest absolute Gasteiger partial charge is 0.313 e. The third-order valence-electron chi connectivity index (χ3n) is 3.03. The van der Waals surface area contributed by atoms with Crippen LogP contribution >= 0.6 is 23.1 Å². The van der Waals surface area contributed by atoms with Gasteiger partial charge in [-0.2, -0.15) is 0 Å². The van der Waals surface area contributed by atoms with Crippen LogP contribution in [0.2, 0.25) is 0 Å². The molecule has 0 bridgehead atoms. The number of benzene rings is 1. The summed E-state index contributed by atoms with van der Waals surface area (Å²) in [7, 11) is 0. The van der Waals surface area contributed by atoms with E-state index < -0.39 is 11.8 Å². The summed E-state index contributed by atoms with van der Waals surface area (Å²) in [6.07, 6.45) is 1.95.